The third kappa shape index (κ3) is 2.01. The Hall–Kier alpha value is -2.83. The predicted octanol–water partition coefficient (Wildman–Crippen LogP) is 5.30. The number of nitriles is 1. The lowest BCUT2D eigenvalue weighted by molar-refractivity contribution is 1.09. The molecule has 0 amide bonds. The van der Waals surface area contributed by atoms with Crippen LogP contribution in [-0.2, 0) is 0 Å². The molecule has 0 spiro atoms. The molecule has 116 valence electrons. The minimum absolute atomic E-state index is 0.580. The van der Waals surface area contributed by atoms with Gasteiger partial charge in [0.15, 0.2) is 5.65 Å². The van der Waals surface area contributed by atoms with E-state index in [0.29, 0.717) is 16.2 Å². The standard InChI is InChI=1S/C20H14ClN3/c1-12-13(2)24-18-9-4-3-8-17(18)23-20(24)16(11-22)19(12)14-6-5-7-15(21)10-14/h3-10H,1-2H3. The zero-order chi connectivity index (χ0) is 16.8. The Morgan fingerprint density at radius 3 is 2.62 bits per heavy atom. The van der Waals surface area contributed by atoms with E-state index in [4.69, 9.17) is 16.6 Å². The molecular formula is C20H14ClN3. The summed E-state index contributed by atoms with van der Waals surface area (Å²) in [5, 5.41) is 10.5. The maximum absolute atomic E-state index is 9.85. The molecular weight excluding hydrogens is 318 g/mol. The number of nitrogens with zero attached hydrogens (tertiary/aromatic N) is 3. The number of benzene rings is 2. The molecule has 4 aromatic rings. The number of imidazole rings is 1. The van der Waals surface area contributed by atoms with Crippen LogP contribution in [0.2, 0.25) is 5.02 Å². The van der Waals surface area contributed by atoms with Gasteiger partial charge in [-0.3, -0.25) is 4.40 Å². The van der Waals surface area contributed by atoms with Gasteiger partial charge >= 0.3 is 0 Å². The number of para-hydroxylation sites is 2. The summed E-state index contributed by atoms with van der Waals surface area (Å²) in [5.41, 5.74) is 7.15. The lowest BCUT2D eigenvalue weighted by Crippen LogP contribution is -2.02. The average Bonchev–Trinajstić information content (AvgIpc) is 2.97. The van der Waals surface area contributed by atoms with Crippen LogP contribution in [0.3, 0.4) is 0 Å². The number of pyridine rings is 1. The second-order valence-corrected chi connectivity index (χ2v) is 6.28. The fourth-order valence-corrected chi connectivity index (χ4v) is 3.48. The number of hydrogen-bond donors (Lipinski definition) is 0. The van der Waals surface area contributed by atoms with Gasteiger partial charge in [0.1, 0.15) is 11.6 Å². The van der Waals surface area contributed by atoms with Gasteiger partial charge in [0.25, 0.3) is 0 Å². The number of aryl methyl sites for hydroxylation is 1. The first-order chi connectivity index (χ1) is 11.6. The van der Waals surface area contributed by atoms with Crippen molar-refractivity contribution < 1.29 is 0 Å². The monoisotopic (exact) mass is 331 g/mol. The summed E-state index contributed by atoms with van der Waals surface area (Å²) < 4.78 is 2.07. The van der Waals surface area contributed by atoms with Crippen molar-refractivity contribution in [2.45, 2.75) is 13.8 Å². The van der Waals surface area contributed by atoms with Crippen LogP contribution in [0.1, 0.15) is 16.8 Å². The first kappa shape index (κ1) is 14.7. The van der Waals surface area contributed by atoms with Crippen molar-refractivity contribution in [3.8, 4) is 17.2 Å². The summed E-state index contributed by atoms with van der Waals surface area (Å²) in [6.07, 6.45) is 0. The summed E-state index contributed by atoms with van der Waals surface area (Å²) in [4.78, 5) is 4.70. The van der Waals surface area contributed by atoms with Gasteiger partial charge in [-0.1, -0.05) is 35.9 Å². The van der Waals surface area contributed by atoms with Crippen molar-refractivity contribution in [2.75, 3.05) is 0 Å². The second kappa shape index (κ2) is 5.36. The van der Waals surface area contributed by atoms with Crippen LogP contribution in [-0.4, -0.2) is 9.38 Å². The van der Waals surface area contributed by atoms with Crippen molar-refractivity contribution in [1.29, 1.82) is 5.26 Å². The van der Waals surface area contributed by atoms with E-state index in [1.54, 1.807) is 0 Å². The average molecular weight is 332 g/mol. The van der Waals surface area contributed by atoms with Gasteiger partial charge < -0.3 is 0 Å². The fraction of sp³-hybridized carbons (Fsp3) is 0.100. The van der Waals surface area contributed by atoms with Crippen molar-refractivity contribution in [1.82, 2.24) is 9.38 Å². The summed E-state index contributed by atoms with van der Waals surface area (Å²) >= 11 is 6.16. The summed E-state index contributed by atoms with van der Waals surface area (Å²) in [6, 6.07) is 17.9. The largest absolute Gasteiger partial charge is 0.296 e. The van der Waals surface area contributed by atoms with Crippen LogP contribution >= 0.6 is 11.6 Å². The minimum Gasteiger partial charge on any atom is -0.296 e. The molecule has 2 aromatic heterocycles. The van der Waals surface area contributed by atoms with Crippen molar-refractivity contribution in [2.24, 2.45) is 0 Å². The molecule has 0 unspecified atom stereocenters. The van der Waals surface area contributed by atoms with E-state index in [1.807, 2.05) is 55.5 Å². The third-order valence-electron chi connectivity index (χ3n) is 4.51. The molecule has 0 aliphatic heterocycles. The number of aromatic nitrogens is 2. The molecule has 0 saturated carbocycles. The Bertz CT molecular complexity index is 1150. The van der Waals surface area contributed by atoms with Gasteiger partial charge in [-0.25, -0.2) is 4.98 Å². The Morgan fingerprint density at radius 2 is 1.88 bits per heavy atom. The molecule has 0 saturated heterocycles. The molecule has 3 nitrogen and oxygen atoms in total. The van der Waals surface area contributed by atoms with Gasteiger partial charge in [0, 0.05) is 16.3 Å². The molecule has 0 N–H and O–H groups in total. The van der Waals surface area contributed by atoms with Crippen LogP contribution in [0.25, 0.3) is 27.8 Å². The second-order valence-electron chi connectivity index (χ2n) is 5.84. The molecule has 2 heterocycles. The molecule has 24 heavy (non-hydrogen) atoms. The fourth-order valence-electron chi connectivity index (χ4n) is 3.29. The van der Waals surface area contributed by atoms with E-state index in [-0.39, 0.29) is 0 Å². The number of fused-ring (bicyclic) bond motifs is 3. The predicted molar refractivity (Wildman–Crippen MR) is 97.3 cm³/mol. The number of halogens is 1. The van der Waals surface area contributed by atoms with E-state index in [2.05, 4.69) is 17.4 Å². The first-order valence-electron chi connectivity index (χ1n) is 7.68. The van der Waals surface area contributed by atoms with Crippen LogP contribution in [0.5, 0.6) is 0 Å². The SMILES string of the molecule is Cc1c(-c2cccc(Cl)c2)c(C#N)c2nc3ccccc3n2c1C. The Labute approximate surface area is 144 Å². The quantitative estimate of drug-likeness (QED) is 0.475. The van der Waals surface area contributed by atoms with Crippen molar-refractivity contribution in [3.05, 3.63) is 70.4 Å². The number of rotatable bonds is 1. The molecule has 0 radical (unpaired) electrons. The zero-order valence-corrected chi connectivity index (χ0v) is 14.1. The molecule has 4 heteroatoms. The van der Waals surface area contributed by atoms with E-state index >= 15 is 0 Å². The molecule has 0 atom stereocenters. The summed E-state index contributed by atoms with van der Waals surface area (Å²) in [7, 11) is 0. The summed E-state index contributed by atoms with van der Waals surface area (Å²) in [6.45, 7) is 4.10. The van der Waals surface area contributed by atoms with E-state index in [9.17, 15) is 5.26 Å². The Balaban J connectivity index is 2.22. The van der Waals surface area contributed by atoms with E-state index in [1.165, 1.54) is 0 Å². The highest BCUT2D eigenvalue weighted by Gasteiger charge is 2.19. The smallest absolute Gasteiger partial charge is 0.156 e. The van der Waals surface area contributed by atoms with E-state index < -0.39 is 0 Å². The summed E-state index contributed by atoms with van der Waals surface area (Å²) in [5.74, 6) is 0. The normalized spacial score (nSPS) is 11.1. The zero-order valence-electron chi connectivity index (χ0n) is 13.3. The Morgan fingerprint density at radius 1 is 1.08 bits per heavy atom. The molecule has 0 bridgehead atoms. The maximum atomic E-state index is 9.85. The molecule has 0 fully saturated rings. The van der Waals surface area contributed by atoms with Crippen LogP contribution in [0.4, 0.5) is 0 Å². The molecule has 0 aliphatic carbocycles. The third-order valence-corrected chi connectivity index (χ3v) is 4.75. The topological polar surface area (TPSA) is 41.1 Å². The van der Waals surface area contributed by atoms with Gasteiger partial charge in [0.2, 0.25) is 0 Å². The van der Waals surface area contributed by atoms with Crippen LogP contribution in [0, 0.1) is 25.2 Å². The van der Waals surface area contributed by atoms with Gasteiger partial charge in [0.05, 0.1) is 11.0 Å². The van der Waals surface area contributed by atoms with Gasteiger partial charge in [-0.2, -0.15) is 5.26 Å². The highest BCUT2D eigenvalue weighted by Crippen LogP contribution is 2.34. The first-order valence-corrected chi connectivity index (χ1v) is 8.06. The van der Waals surface area contributed by atoms with Crippen molar-refractivity contribution in [3.63, 3.8) is 0 Å². The highest BCUT2D eigenvalue weighted by atomic mass is 35.5. The van der Waals surface area contributed by atoms with E-state index in [0.717, 1.165) is 33.4 Å². The van der Waals surface area contributed by atoms with Gasteiger partial charge in [-0.15, -0.1) is 0 Å². The lowest BCUT2D eigenvalue weighted by Gasteiger charge is -2.14. The van der Waals surface area contributed by atoms with Crippen LogP contribution < -0.4 is 0 Å². The van der Waals surface area contributed by atoms with Crippen molar-refractivity contribution >= 4 is 28.3 Å². The minimum atomic E-state index is 0.580. The number of hydrogen-bond acceptors (Lipinski definition) is 2. The molecule has 2 aromatic carbocycles. The van der Waals surface area contributed by atoms with Crippen LogP contribution in [0.15, 0.2) is 48.5 Å². The highest BCUT2D eigenvalue weighted by molar-refractivity contribution is 6.30. The van der Waals surface area contributed by atoms with Gasteiger partial charge in [-0.05, 0) is 49.2 Å². The molecule has 0 aliphatic rings. The molecule has 4 rings (SSSR count). The Kier molecular flexibility index (Phi) is 3.30. The maximum Gasteiger partial charge on any atom is 0.156 e. The lowest BCUT2D eigenvalue weighted by atomic mass is 9.95.